The number of amides is 1. The van der Waals surface area contributed by atoms with E-state index in [4.69, 9.17) is 4.74 Å². The summed E-state index contributed by atoms with van der Waals surface area (Å²) < 4.78 is 6.67. The first kappa shape index (κ1) is 16.6. The summed E-state index contributed by atoms with van der Waals surface area (Å²) in [6.45, 7) is 5.93. The molecular formula is C18H20BrNO2. The van der Waals surface area contributed by atoms with Gasteiger partial charge in [-0.05, 0) is 49.6 Å². The summed E-state index contributed by atoms with van der Waals surface area (Å²) in [4.78, 5) is 12.1. The van der Waals surface area contributed by atoms with E-state index in [0.29, 0.717) is 0 Å². The Balaban J connectivity index is 1.93. The lowest BCUT2D eigenvalue weighted by Gasteiger charge is -2.16. The zero-order chi connectivity index (χ0) is 16.1. The topological polar surface area (TPSA) is 38.3 Å². The lowest BCUT2D eigenvalue weighted by molar-refractivity contribution is -0.123. The summed E-state index contributed by atoms with van der Waals surface area (Å²) in [6, 6.07) is 13.8. The van der Waals surface area contributed by atoms with Crippen LogP contribution >= 0.6 is 15.9 Å². The number of benzene rings is 2. The van der Waals surface area contributed by atoms with Gasteiger partial charge in [-0.25, -0.2) is 0 Å². The molecule has 0 aliphatic rings. The zero-order valence-electron chi connectivity index (χ0n) is 13.0. The predicted octanol–water partition coefficient (Wildman–Crippen LogP) is 4.32. The van der Waals surface area contributed by atoms with Crippen LogP contribution in [-0.2, 0) is 4.79 Å². The Bertz CT molecular complexity index is 650. The Morgan fingerprint density at radius 3 is 2.45 bits per heavy atom. The highest BCUT2D eigenvalue weighted by Crippen LogP contribution is 2.22. The van der Waals surface area contributed by atoms with Crippen molar-refractivity contribution < 1.29 is 9.53 Å². The first-order valence-corrected chi connectivity index (χ1v) is 8.00. The molecule has 116 valence electrons. The molecule has 0 bridgehead atoms. The number of carbonyl (C=O) groups is 1. The Kier molecular flexibility index (Phi) is 5.61. The van der Waals surface area contributed by atoms with Gasteiger partial charge in [0, 0.05) is 4.47 Å². The molecule has 0 spiro atoms. The summed E-state index contributed by atoms with van der Waals surface area (Å²) in [5.41, 5.74) is 3.12. The monoisotopic (exact) mass is 361 g/mol. The minimum Gasteiger partial charge on any atom is -0.483 e. The molecule has 0 radical (unpaired) electrons. The van der Waals surface area contributed by atoms with E-state index in [0.717, 1.165) is 26.9 Å². The summed E-state index contributed by atoms with van der Waals surface area (Å²) >= 11 is 3.44. The molecule has 0 saturated carbocycles. The average Bonchev–Trinajstić information content (AvgIpc) is 2.46. The second kappa shape index (κ2) is 7.45. The molecule has 3 nitrogen and oxygen atoms in total. The van der Waals surface area contributed by atoms with Gasteiger partial charge in [0.25, 0.3) is 5.91 Å². The molecule has 1 unspecified atom stereocenters. The SMILES string of the molecule is Cc1cccc(C)c1OCC(=O)NC(C)c1cccc(Br)c1. The van der Waals surface area contributed by atoms with Crippen LogP contribution < -0.4 is 10.1 Å². The minimum absolute atomic E-state index is 0.0179. The van der Waals surface area contributed by atoms with Crippen molar-refractivity contribution >= 4 is 21.8 Å². The highest BCUT2D eigenvalue weighted by atomic mass is 79.9. The maximum atomic E-state index is 12.1. The van der Waals surface area contributed by atoms with Gasteiger partial charge in [0.1, 0.15) is 5.75 Å². The van der Waals surface area contributed by atoms with E-state index in [-0.39, 0.29) is 18.6 Å². The fraction of sp³-hybridized carbons (Fsp3) is 0.278. The number of rotatable bonds is 5. The van der Waals surface area contributed by atoms with Crippen LogP contribution in [0.5, 0.6) is 5.75 Å². The second-order valence-electron chi connectivity index (χ2n) is 5.35. The van der Waals surface area contributed by atoms with Crippen LogP contribution in [0.1, 0.15) is 29.7 Å². The molecule has 2 aromatic carbocycles. The standard InChI is InChI=1S/C18H20BrNO2/c1-12-6-4-7-13(2)18(12)22-11-17(21)20-14(3)15-8-5-9-16(19)10-15/h4-10,14H,11H2,1-3H3,(H,20,21). The van der Waals surface area contributed by atoms with Crippen molar-refractivity contribution in [2.45, 2.75) is 26.8 Å². The van der Waals surface area contributed by atoms with Crippen LogP contribution in [0.3, 0.4) is 0 Å². The van der Waals surface area contributed by atoms with Gasteiger partial charge >= 0.3 is 0 Å². The third kappa shape index (κ3) is 4.34. The normalized spacial score (nSPS) is 11.8. The molecule has 22 heavy (non-hydrogen) atoms. The van der Waals surface area contributed by atoms with Gasteiger partial charge in [0.2, 0.25) is 0 Å². The molecule has 0 aliphatic heterocycles. The van der Waals surface area contributed by atoms with Crippen molar-refractivity contribution in [1.29, 1.82) is 0 Å². The fourth-order valence-electron chi connectivity index (χ4n) is 2.31. The summed E-state index contributed by atoms with van der Waals surface area (Å²) in [7, 11) is 0. The lowest BCUT2D eigenvalue weighted by atomic mass is 10.1. The highest BCUT2D eigenvalue weighted by molar-refractivity contribution is 9.10. The molecule has 0 fully saturated rings. The van der Waals surface area contributed by atoms with Crippen LogP contribution in [-0.4, -0.2) is 12.5 Å². The van der Waals surface area contributed by atoms with Gasteiger partial charge in [-0.15, -0.1) is 0 Å². The molecule has 2 aromatic rings. The molecule has 2 rings (SSSR count). The van der Waals surface area contributed by atoms with Gasteiger partial charge in [-0.2, -0.15) is 0 Å². The van der Waals surface area contributed by atoms with Crippen LogP contribution in [0.2, 0.25) is 0 Å². The summed E-state index contributed by atoms with van der Waals surface area (Å²) in [5.74, 6) is 0.655. The number of para-hydroxylation sites is 1. The number of halogens is 1. The molecule has 0 aliphatic carbocycles. The van der Waals surface area contributed by atoms with Crippen molar-refractivity contribution in [1.82, 2.24) is 5.32 Å². The molecule has 0 aromatic heterocycles. The lowest BCUT2D eigenvalue weighted by Crippen LogP contribution is -2.31. The van der Waals surface area contributed by atoms with Crippen LogP contribution in [0, 0.1) is 13.8 Å². The Morgan fingerprint density at radius 2 is 1.82 bits per heavy atom. The minimum atomic E-state index is -0.130. The van der Waals surface area contributed by atoms with Crippen LogP contribution in [0.15, 0.2) is 46.9 Å². The quantitative estimate of drug-likeness (QED) is 0.860. The maximum Gasteiger partial charge on any atom is 0.258 e. The Morgan fingerprint density at radius 1 is 1.18 bits per heavy atom. The van der Waals surface area contributed by atoms with E-state index in [2.05, 4.69) is 21.2 Å². The highest BCUT2D eigenvalue weighted by Gasteiger charge is 2.11. The van der Waals surface area contributed by atoms with Gasteiger partial charge < -0.3 is 10.1 Å². The third-order valence-corrected chi connectivity index (χ3v) is 3.98. The molecule has 1 atom stereocenters. The fourth-order valence-corrected chi connectivity index (χ4v) is 2.72. The van der Waals surface area contributed by atoms with E-state index in [1.54, 1.807) is 0 Å². The predicted molar refractivity (Wildman–Crippen MR) is 92.1 cm³/mol. The van der Waals surface area contributed by atoms with E-state index >= 15 is 0 Å². The first-order valence-electron chi connectivity index (χ1n) is 7.21. The van der Waals surface area contributed by atoms with Gasteiger partial charge in [0.15, 0.2) is 6.61 Å². The molecule has 1 amide bonds. The van der Waals surface area contributed by atoms with Crippen molar-refractivity contribution in [2.24, 2.45) is 0 Å². The number of nitrogens with one attached hydrogen (secondary N) is 1. The summed E-state index contributed by atoms with van der Waals surface area (Å²) in [6.07, 6.45) is 0. The zero-order valence-corrected chi connectivity index (χ0v) is 14.6. The number of ether oxygens (including phenoxy) is 1. The van der Waals surface area contributed by atoms with Crippen molar-refractivity contribution in [3.8, 4) is 5.75 Å². The smallest absolute Gasteiger partial charge is 0.258 e. The van der Waals surface area contributed by atoms with Crippen LogP contribution in [0.25, 0.3) is 0 Å². The van der Waals surface area contributed by atoms with Crippen molar-refractivity contribution in [3.63, 3.8) is 0 Å². The van der Waals surface area contributed by atoms with E-state index < -0.39 is 0 Å². The maximum absolute atomic E-state index is 12.1. The van der Waals surface area contributed by atoms with Gasteiger partial charge in [0.05, 0.1) is 6.04 Å². The molecule has 0 saturated heterocycles. The van der Waals surface area contributed by atoms with E-state index in [1.165, 1.54) is 0 Å². The molecular weight excluding hydrogens is 342 g/mol. The van der Waals surface area contributed by atoms with E-state index in [9.17, 15) is 4.79 Å². The average molecular weight is 362 g/mol. The number of hydrogen-bond donors (Lipinski definition) is 1. The Labute approximate surface area is 139 Å². The van der Waals surface area contributed by atoms with E-state index in [1.807, 2.05) is 63.2 Å². The number of carbonyl (C=O) groups excluding carboxylic acids is 1. The first-order chi connectivity index (χ1) is 10.5. The van der Waals surface area contributed by atoms with Crippen LogP contribution in [0.4, 0.5) is 0 Å². The third-order valence-electron chi connectivity index (χ3n) is 3.48. The van der Waals surface area contributed by atoms with Crippen molar-refractivity contribution in [3.05, 3.63) is 63.6 Å². The van der Waals surface area contributed by atoms with Crippen molar-refractivity contribution in [2.75, 3.05) is 6.61 Å². The largest absolute Gasteiger partial charge is 0.483 e. The number of hydrogen-bond acceptors (Lipinski definition) is 2. The number of aryl methyl sites for hydroxylation is 2. The van der Waals surface area contributed by atoms with Gasteiger partial charge in [-0.3, -0.25) is 4.79 Å². The molecule has 1 N–H and O–H groups in total. The summed E-state index contributed by atoms with van der Waals surface area (Å²) in [5, 5.41) is 2.95. The molecule has 0 heterocycles. The van der Waals surface area contributed by atoms with Gasteiger partial charge in [-0.1, -0.05) is 46.3 Å². The molecule has 4 heteroatoms. The second-order valence-corrected chi connectivity index (χ2v) is 6.27. The Hall–Kier alpha value is -1.81.